The molecule has 5 nitrogen and oxygen atoms in total. The minimum absolute atomic E-state index is 0. The molecule has 608 valence electrons. The van der Waals surface area contributed by atoms with Gasteiger partial charge in [-0.2, -0.15) is 0 Å². The Bertz CT molecular complexity index is 4930. The van der Waals surface area contributed by atoms with Crippen molar-refractivity contribution in [3.63, 3.8) is 0 Å². The van der Waals surface area contributed by atoms with Gasteiger partial charge < -0.3 is 0 Å². The number of aromatic nitrogens is 5. The van der Waals surface area contributed by atoms with Crippen LogP contribution in [-0.2, 0) is 48.1 Å². The topological polar surface area (TPSA) is 19.4 Å². The summed E-state index contributed by atoms with van der Waals surface area (Å²) in [4.78, 5) is 0. The van der Waals surface area contributed by atoms with Crippen molar-refractivity contribution in [2.45, 2.75) is 239 Å². The van der Waals surface area contributed by atoms with E-state index in [4.69, 9.17) is 0 Å². The number of allylic oxidation sites excluding steroid dienone is 4. The van der Waals surface area contributed by atoms with Crippen LogP contribution in [0.15, 0.2) is 225 Å². The standard InChI is InChI=1S/2C18H16N.2C18H18N.C12H14B2N.10C2H6.3CH4/c1-12-5-3-4-6-16(12)18-17-11-15-10-14(15)9-13(17)7-8-19(18)2;1-12-5-3-4-6-15(12)18-10-17-14(11-19(18)2)8-7-13-9-16(13)17;1-12-5-3-4-6-14(12)18-16-8-7-13-11-17(13)15(16)9-10-19(18)2;1-12-5-3-4-6-15(12)18-17-13(9-10-19(18)2)7-8-14-11-16(14)17;1-10-6-7-13-9-14(13)12(10)11-5-3-4-8-15(11)2;10*1-2;;;/h3-9,11H,10H2,1-2H3;3-8,10-11H,9H2,1-2H3;3-10,13,17H,11H2,1-2H3;3-10,14,16H,11H2,1-2H3;3-8H,9H2,1-2H3;10*1-2H3;3*1H4/q5*+1;;;;;;;;;;;;;. The van der Waals surface area contributed by atoms with E-state index >= 15 is 0 Å². The van der Waals surface area contributed by atoms with Crippen LogP contribution >= 0.6 is 0 Å². The quantitative estimate of drug-likeness (QED) is 0.121. The lowest BCUT2D eigenvalue weighted by Gasteiger charge is -2.14. The van der Waals surface area contributed by atoms with Gasteiger partial charge in [0.05, 0.1) is 10.9 Å². The minimum atomic E-state index is 0. The minimum Gasteiger partial charge on any atom is -0.202 e. The van der Waals surface area contributed by atoms with E-state index in [2.05, 4.69) is 324 Å². The smallest absolute Gasteiger partial charge is 0.202 e. The van der Waals surface area contributed by atoms with E-state index in [0.717, 1.165) is 36.9 Å². The van der Waals surface area contributed by atoms with Gasteiger partial charge in [-0.05, 0) is 198 Å². The molecular formula is C107H154B2N5+5. The maximum Gasteiger partial charge on any atom is 0.220 e. The van der Waals surface area contributed by atoms with E-state index in [1.54, 1.807) is 16.6 Å². The lowest BCUT2D eigenvalue weighted by Crippen LogP contribution is -2.34. The molecule has 2 saturated carbocycles. The van der Waals surface area contributed by atoms with Crippen molar-refractivity contribution in [2.75, 3.05) is 0 Å². The van der Waals surface area contributed by atoms with Gasteiger partial charge in [-0.15, -0.1) is 5.98 Å². The monoisotopic (exact) mass is 1530 g/mol. The molecule has 3 fully saturated rings. The molecule has 5 aromatic heterocycles. The summed E-state index contributed by atoms with van der Waals surface area (Å²) in [7, 11) is 10.7. The van der Waals surface area contributed by atoms with Gasteiger partial charge in [-0.3, -0.25) is 0 Å². The predicted molar refractivity (Wildman–Crippen MR) is 511 cm³/mol. The van der Waals surface area contributed by atoms with Gasteiger partial charge in [-0.25, -0.2) is 22.8 Å². The van der Waals surface area contributed by atoms with Gasteiger partial charge >= 0.3 is 0 Å². The highest BCUT2D eigenvalue weighted by molar-refractivity contribution is 7.49. The predicted octanol–water partition coefficient (Wildman–Crippen LogP) is 28.0. The average molecular weight is 1530 g/mol. The van der Waals surface area contributed by atoms with Crippen molar-refractivity contribution in [2.24, 2.45) is 47.1 Å². The van der Waals surface area contributed by atoms with Crippen LogP contribution in [0.5, 0.6) is 0 Å². The van der Waals surface area contributed by atoms with E-state index in [1.807, 2.05) is 138 Å². The number of nitrogens with zero attached hydrogens (tertiary/aromatic N) is 5. The van der Waals surface area contributed by atoms with Crippen molar-refractivity contribution in [3.05, 3.63) is 297 Å². The Hall–Kier alpha value is -9.32. The Kier molecular flexibility index (Phi) is 44.3. The summed E-state index contributed by atoms with van der Waals surface area (Å²) < 4.78 is 11.2. The van der Waals surface area contributed by atoms with Crippen LogP contribution in [0, 0.1) is 39.5 Å². The largest absolute Gasteiger partial charge is 0.220 e. The van der Waals surface area contributed by atoms with E-state index in [0.29, 0.717) is 0 Å². The van der Waals surface area contributed by atoms with Crippen LogP contribution in [0.3, 0.4) is 0 Å². The first-order valence-electron chi connectivity index (χ1n) is 43.1. The Morgan fingerprint density at radius 1 is 0.360 bits per heavy atom. The highest BCUT2D eigenvalue weighted by Gasteiger charge is 2.49. The molecular weight excluding hydrogens is 1380 g/mol. The highest BCUT2D eigenvalue weighted by Crippen LogP contribution is 2.55. The summed E-state index contributed by atoms with van der Waals surface area (Å²) in [6.45, 7) is 52.6. The molecule has 0 bridgehead atoms. The first-order valence-corrected chi connectivity index (χ1v) is 43.1. The summed E-state index contributed by atoms with van der Waals surface area (Å²) in [5, 5.41) is 5.49. The molecule has 7 heteroatoms. The van der Waals surface area contributed by atoms with Crippen LogP contribution in [0.25, 0.3) is 84.2 Å². The third-order valence-electron chi connectivity index (χ3n) is 20.9. The Labute approximate surface area is 699 Å². The highest BCUT2D eigenvalue weighted by atomic mass is 14.9. The number of benzene rings is 6. The molecule has 2 aliphatic heterocycles. The summed E-state index contributed by atoms with van der Waals surface area (Å²) in [5.41, 5.74) is 32.5. The molecule has 11 aromatic rings. The molecule has 114 heavy (non-hydrogen) atoms. The molecule has 6 aliphatic carbocycles. The van der Waals surface area contributed by atoms with Gasteiger partial charge in [0.2, 0.25) is 22.8 Å². The maximum atomic E-state index is 2.40. The molecule has 0 amide bonds. The van der Waals surface area contributed by atoms with Gasteiger partial charge in [0, 0.05) is 69.6 Å². The molecule has 19 rings (SSSR count). The van der Waals surface area contributed by atoms with Crippen LogP contribution in [0.2, 0.25) is 6.22 Å². The number of fused-ring (bicyclic) bond motifs is 12. The summed E-state index contributed by atoms with van der Waals surface area (Å²) in [6, 6.07) is 59.4. The molecule has 7 heterocycles. The Morgan fingerprint density at radius 3 is 1.40 bits per heavy atom. The first-order chi connectivity index (χ1) is 54.3. The number of hydrogen-bond donors (Lipinski definition) is 0. The molecule has 0 spiro atoms. The maximum absolute atomic E-state index is 2.40. The fourth-order valence-electron chi connectivity index (χ4n) is 15.2. The van der Waals surface area contributed by atoms with Gasteiger partial charge in [0.15, 0.2) is 43.3 Å². The van der Waals surface area contributed by atoms with Crippen LogP contribution < -0.4 is 22.8 Å². The lowest BCUT2D eigenvalue weighted by molar-refractivity contribution is -0.673. The Morgan fingerprint density at radius 2 is 0.833 bits per heavy atom. The number of hydrogen-bond acceptors (Lipinski definition) is 0. The molecule has 0 radical (unpaired) electrons. The molecule has 4 unspecified atom stereocenters. The van der Waals surface area contributed by atoms with Crippen molar-refractivity contribution in [1.29, 1.82) is 0 Å². The van der Waals surface area contributed by atoms with Crippen molar-refractivity contribution in [3.8, 4) is 45.0 Å². The normalized spacial score (nSPS) is 14.7. The second-order valence-corrected chi connectivity index (χ2v) is 27.2. The average Bonchev–Trinajstić information content (AvgIpc) is 1.59. The van der Waals surface area contributed by atoms with Crippen molar-refractivity contribution < 1.29 is 22.8 Å². The van der Waals surface area contributed by atoms with Crippen molar-refractivity contribution >= 4 is 52.4 Å². The second kappa shape index (κ2) is 50.1. The molecule has 8 aliphatic rings. The van der Waals surface area contributed by atoms with Crippen molar-refractivity contribution in [1.82, 2.24) is 0 Å². The van der Waals surface area contributed by atoms with E-state index in [9.17, 15) is 0 Å². The summed E-state index contributed by atoms with van der Waals surface area (Å²) in [6.07, 6.45) is 29.0. The van der Waals surface area contributed by atoms with Gasteiger partial charge in [0.25, 0.3) is 0 Å². The van der Waals surface area contributed by atoms with Gasteiger partial charge in [-0.1, -0.05) is 288 Å². The third-order valence-corrected chi connectivity index (χ3v) is 20.9. The molecule has 6 aromatic carbocycles. The Balaban J connectivity index is 0.000000455. The van der Waals surface area contributed by atoms with E-state index in [1.165, 1.54) is 165 Å². The lowest BCUT2D eigenvalue weighted by atomic mass is 9.33. The zero-order valence-corrected chi connectivity index (χ0v) is 74.7. The van der Waals surface area contributed by atoms with Gasteiger partial charge in [0.1, 0.15) is 41.8 Å². The first kappa shape index (κ1) is 101. The number of rotatable bonds is 5. The SMILES string of the molecule is C.C.C.CC.CC.CC.CC.CC.CC.CC.CC.CC.CC.CC1=C(c2cccc[n+]2C)B2CB2C=C1.Cc1ccccc1-c1c2c(cc[n+]1C)C1CC1C=C2.Cc1ccccc1-c1c2c(cc[n+]1C)C=CC1CC21.Cc1ccccc1-c1c2cc3c(cc2cc[n+]1C)C3.Cc1ccccc1-c1cc2c3c(ccc2c[n+]1C)C3. The summed E-state index contributed by atoms with van der Waals surface area (Å²) >= 11 is 0. The van der Waals surface area contributed by atoms with Crippen LogP contribution in [-0.4, -0.2) is 13.2 Å². The van der Waals surface area contributed by atoms with E-state index < -0.39 is 0 Å². The molecule has 1 saturated heterocycles. The zero-order chi connectivity index (χ0) is 82.3. The molecule has 4 atom stereocenters. The van der Waals surface area contributed by atoms with Crippen LogP contribution in [0.4, 0.5) is 0 Å². The zero-order valence-electron chi connectivity index (χ0n) is 74.7. The second-order valence-electron chi connectivity index (χ2n) is 27.2. The van der Waals surface area contributed by atoms with Crippen LogP contribution in [0.1, 0.15) is 265 Å². The number of aryl methyl sites for hydroxylation is 9. The van der Waals surface area contributed by atoms with E-state index in [-0.39, 0.29) is 22.3 Å². The number of pyridine rings is 5. The fraction of sp³-hybridized carbons (Fsp3) is 0.393. The summed E-state index contributed by atoms with van der Waals surface area (Å²) in [5.74, 6) is 5.50. The fourth-order valence-corrected chi connectivity index (χ4v) is 15.2. The third kappa shape index (κ3) is 23.9. The molecule has 0 N–H and O–H groups in total.